The Bertz CT molecular complexity index is 1070. The van der Waals surface area contributed by atoms with Gasteiger partial charge in [0.25, 0.3) is 5.91 Å². The first-order chi connectivity index (χ1) is 13.8. The first-order valence-corrected chi connectivity index (χ1v) is 8.75. The lowest BCUT2D eigenvalue weighted by atomic mass is 10.2. The Morgan fingerprint density at radius 1 is 1.31 bits per heavy atom. The highest BCUT2D eigenvalue weighted by Gasteiger charge is 2.31. The monoisotopic (exact) mass is 403 g/mol. The second-order valence-electron chi connectivity index (χ2n) is 6.16. The van der Waals surface area contributed by atoms with E-state index in [2.05, 4.69) is 20.0 Å². The summed E-state index contributed by atoms with van der Waals surface area (Å²) in [6, 6.07) is 8.21. The molecule has 0 aliphatic carbocycles. The van der Waals surface area contributed by atoms with Gasteiger partial charge in [-0.2, -0.15) is 5.26 Å². The number of unbranched alkanes of at least 4 members (excludes halogenated alkanes) is 1. The molecular formula is C19H16F3N5O2. The highest BCUT2D eigenvalue weighted by molar-refractivity contribution is 6.04. The second kappa shape index (κ2) is 8.18. The summed E-state index contributed by atoms with van der Waals surface area (Å²) in [4.78, 5) is 21.0. The van der Waals surface area contributed by atoms with Gasteiger partial charge in [0.05, 0.1) is 0 Å². The zero-order valence-electron chi connectivity index (χ0n) is 15.3. The van der Waals surface area contributed by atoms with Crippen LogP contribution in [0.2, 0.25) is 0 Å². The van der Waals surface area contributed by atoms with Crippen molar-refractivity contribution in [1.82, 2.24) is 14.4 Å². The summed E-state index contributed by atoms with van der Waals surface area (Å²) in [5.41, 5.74) is 1.29. The third kappa shape index (κ3) is 4.82. The first kappa shape index (κ1) is 20.1. The van der Waals surface area contributed by atoms with Gasteiger partial charge in [0.1, 0.15) is 24.0 Å². The molecule has 0 spiro atoms. The molecule has 3 rings (SSSR count). The predicted molar refractivity (Wildman–Crippen MR) is 97.4 cm³/mol. The molecule has 7 nitrogen and oxygen atoms in total. The van der Waals surface area contributed by atoms with Crippen molar-refractivity contribution in [3.63, 3.8) is 0 Å². The number of carbonyl (C=O) groups excluding carboxylic acids is 1. The van der Waals surface area contributed by atoms with Crippen LogP contribution in [-0.2, 0) is 6.42 Å². The zero-order valence-corrected chi connectivity index (χ0v) is 15.3. The number of halogens is 3. The largest absolute Gasteiger partial charge is 0.573 e. The fourth-order valence-electron chi connectivity index (χ4n) is 2.68. The summed E-state index contributed by atoms with van der Waals surface area (Å²) in [5.74, 6) is -0.601. The highest BCUT2D eigenvalue weighted by atomic mass is 19.4. The van der Waals surface area contributed by atoms with Crippen LogP contribution in [0.3, 0.4) is 0 Å². The van der Waals surface area contributed by atoms with Crippen molar-refractivity contribution < 1.29 is 22.7 Å². The van der Waals surface area contributed by atoms with Gasteiger partial charge in [0.2, 0.25) is 0 Å². The standard InChI is InChI=1S/C19H16F3N5O2/c1-2-3-4-13-9-16(27-11-24-15(10-23)17(27)25-13)26-18(28)12-5-7-14(8-6-12)29-19(20,21)22/h5-9,11H,2-4H2,1H3,(H,26,28). The van der Waals surface area contributed by atoms with E-state index in [9.17, 15) is 23.2 Å². The SMILES string of the molecule is CCCCc1cc(NC(=O)c2ccc(OC(F)(F)F)cc2)n2cnc(C#N)c2n1. The average Bonchev–Trinajstić information content (AvgIpc) is 3.09. The molecule has 2 aromatic heterocycles. The molecule has 0 fully saturated rings. The number of benzene rings is 1. The number of nitrogens with zero attached hydrogens (tertiary/aromatic N) is 4. The van der Waals surface area contributed by atoms with Crippen LogP contribution >= 0.6 is 0 Å². The zero-order chi connectivity index (χ0) is 21.0. The number of aryl methyl sites for hydroxylation is 1. The quantitative estimate of drug-likeness (QED) is 0.669. The number of imidazole rings is 1. The van der Waals surface area contributed by atoms with Crippen molar-refractivity contribution in [3.05, 3.63) is 53.6 Å². The Hall–Kier alpha value is -3.61. The molecule has 1 aromatic carbocycles. The number of amides is 1. The molecule has 150 valence electrons. The number of hydrogen-bond acceptors (Lipinski definition) is 5. The predicted octanol–water partition coefficient (Wildman–Crippen LogP) is 4.09. The number of hydrogen-bond donors (Lipinski definition) is 1. The summed E-state index contributed by atoms with van der Waals surface area (Å²) >= 11 is 0. The molecule has 0 saturated carbocycles. The number of alkyl halides is 3. The van der Waals surface area contributed by atoms with Crippen LogP contribution in [0, 0.1) is 11.3 Å². The summed E-state index contributed by atoms with van der Waals surface area (Å²) in [6.07, 6.45) is -0.935. The second-order valence-corrected chi connectivity index (χ2v) is 6.16. The summed E-state index contributed by atoms with van der Waals surface area (Å²) in [6.45, 7) is 2.03. The molecule has 0 radical (unpaired) electrons. The van der Waals surface area contributed by atoms with Crippen LogP contribution in [0.5, 0.6) is 5.75 Å². The van der Waals surface area contributed by atoms with Gasteiger partial charge < -0.3 is 10.1 Å². The van der Waals surface area contributed by atoms with E-state index in [1.165, 1.54) is 22.9 Å². The molecule has 29 heavy (non-hydrogen) atoms. The van der Waals surface area contributed by atoms with E-state index >= 15 is 0 Å². The van der Waals surface area contributed by atoms with Crippen molar-refractivity contribution in [2.24, 2.45) is 0 Å². The maximum atomic E-state index is 12.6. The first-order valence-electron chi connectivity index (χ1n) is 8.75. The van der Waals surface area contributed by atoms with Crippen LogP contribution in [-0.4, -0.2) is 26.6 Å². The Morgan fingerprint density at radius 3 is 2.66 bits per heavy atom. The molecule has 0 atom stereocenters. The van der Waals surface area contributed by atoms with Crippen molar-refractivity contribution >= 4 is 17.4 Å². The minimum atomic E-state index is -4.80. The normalized spacial score (nSPS) is 11.3. The number of carbonyl (C=O) groups is 1. The lowest BCUT2D eigenvalue weighted by molar-refractivity contribution is -0.274. The van der Waals surface area contributed by atoms with Gasteiger partial charge in [0.15, 0.2) is 11.3 Å². The van der Waals surface area contributed by atoms with Gasteiger partial charge in [-0.3, -0.25) is 9.20 Å². The number of nitrogens with one attached hydrogen (secondary N) is 1. The van der Waals surface area contributed by atoms with Gasteiger partial charge >= 0.3 is 6.36 Å². The molecule has 1 amide bonds. The van der Waals surface area contributed by atoms with Gasteiger partial charge in [0, 0.05) is 17.3 Å². The van der Waals surface area contributed by atoms with Crippen LogP contribution < -0.4 is 10.1 Å². The van der Waals surface area contributed by atoms with Crippen molar-refractivity contribution in [2.75, 3.05) is 5.32 Å². The summed E-state index contributed by atoms with van der Waals surface area (Å²) in [7, 11) is 0. The van der Waals surface area contributed by atoms with E-state index in [4.69, 9.17) is 0 Å². The molecule has 0 bridgehead atoms. The van der Waals surface area contributed by atoms with E-state index in [0.29, 0.717) is 23.6 Å². The van der Waals surface area contributed by atoms with Crippen molar-refractivity contribution in [3.8, 4) is 11.8 Å². The Morgan fingerprint density at radius 2 is 2.03 bits per heavy atom. The summed E-state index contributed by atoms with van der Waals surface area (Å²) in [5, 5.41) is 11.9. The van der Waals surface area contributed by atoms with Crippen LogP contribution in [0.15, 0.2) is 36.7 Å². The van der Waals surface area contributed by atoms with E-state index in [1.54, 1.807) is 6.07 Å². The fraction of sp³-hybridized carbons (Fsp3) is 0.263. The average molecular weight is 403 g/mol. The molecule has 1 N–H and O–H groups in total. The Kier molecular flexibility index (Phi) is 5.68. The van der Waals surface area contributed by atoms with Gasteiger partial charge in [-0.1, -0.05) is 13.3 Å². The van der Waals surface area contributed by atoms with Gasteiger partial charge in [-0.15, -0.1) is 13.2 Å². The smallest absolute Gasteiger partial charge is 0.406 e. The minimum absolute atomic E-state index is 0.132. The van der Waals surface area contributed by atoms with Crippen molar-refractivity contribution in [1.29, 1.82) is 5.26 Å². The Labute approximate surface area is 163 Å². The number of ether oxygens (including phenoxy) is 1. The van der Waals surface area contributed by atoms with E-state index in [-0.39, 0.29) is 11.3 Å². The Balaban J connectivity index is 1.87. The lowest BCUT2D eigenvalue weighted by Crippen LogP contribution is -2.18. The topological polar surface area (TPSA) is 92.3 Å². The number of anilines is 1. The molecule has 0 aliphatic rings. The van der Waals surface area contributed by atoms with Crippen LogP contribution in [0.4, 0.5) is 19.0 Å². The van der Waals surface area contributed by atoms with Crippen LogP contribution in [0.1, 0.15) is 41.5 Å². The highest BCUT2D eigenvalue weighted by Crippen LogP contribution is 2.23. The molecular weight excluding hydrogens is 387 g/mol. The minimum Gasteiger partial charge on any atom is -0.406 e. The summed E-state index contributed by atoms with van der Waals surface area (Å²) < 4.78 is 42.0. The number of nitriles is 1. The number of aromatic nitrogens is 3. The molecule has 0 aliphatic heterocycles. The third-order valence-electron chi connectivity index (χ3n) is 4.04. The van der Waals surface area contributed by atoms with E-state index in [0.717, 1.165) is 25.0 Å². The van der Waals surface area contributed by atoms with Crippen LogP contribution in [0.25, 0.3) is 5.65 Å². The molecule has 0 saturated heterocycles. The maximum Gasteiger partial charge on any atom is 0.573 e. The third-order valence-corrected chi connectivity index (χ3v) is 4.04. The fourth-order valence-corrected chi connectivity index (χ4v) is 2.68. The number of rotatable bonds is 6. The maximum absolute atomic E-state index is 12.6. The molecule has 3 aromatic rings. The van der Waals surface area contributed by atoms with Crippen molar-refractivity contribution in [2.45, 2.75) is 32.5 Å². The molecule has 2 heterocycles. The van der Waals surface area contributed by atoms with Gasteiger partial charge in [-0.25, -0.2) is 9.97 Å². The molecule has 0 unspecified atom stereocenters. The van der Waals surface area contributed by atoms with Gasteiger partial charge in [-0.05, 0) is 37.1 Å². The lowest BCUT2D eigenvalue weighted by Gasteiger charge is -2.11. The number of fused-ring (bicyclic) bond motifs is 1. The molecule has 10 heteroatoms. The van der Waals surface area contributed by atoms with E-state index < -0.39 is 18.0 Å². The van der Waals surface area contributed by atoms with E-state index in [1.807, 2.05) is 13.0 Å².